The van der Waals surface area contributed by atoms with Crippen LogP contribution in [-0.4, -0.2) is 22.1 Å². The van der Waals surface area contributed by atoms with Crippen LogP contribution in [-0.2, 0) is 6.42 Å². The first-order valence-corrected chi connectivity index (χ1v) is 7.41. The average Bonchev–Trinajstić information content (AvgIpc) is 2.79. The minimum Gasteiger partial charge on any atom is -0.478 e. The first-order chi connectivity index (χ1) is 9.47. The van der Waals surface area contributed by atoms with Crippen LogP contribution in [0.1, 0.15) is 34.1 Å². The highest BCUT2D eigenvalue weighted by Crippen LogP contribution is 2.20. The molecule has 0 aliphatic rings. The van der Waals surface area contributed by atoms with E-state index in [9.17, 15) is 9.90 Å². The lowest BCUT2D eigenvalue weighted by Crippen LogP contribution is -2.21. The van der Waals surface area contributed by atoms with Gasteiger partial charge in [0, 0.05) is 11.7 Å². The zero-order valence-electron chi connectivity index (χ0n) is 11.8. The molecule has 2 N–H and O–H groups in total. The molecule has 5 heteroatoms. The molecule has 2 aromatic rings. The minimum atomic E-state index is -0.944. The fraction of sp³-hybridized carbons (Fsp3) is 0.333. The van der Waals surface area contributed by atoms with Crippen molar-refractivity contribution in [2.75, 3.05) is 5.32 Å². The van der Waals surface area contributed by atoms with Crippen LogP contribution in [0.25, 0.3) is 0 Å². The van der Waals surface area contributed by atoms with Crippen molar-refractivity contribution in [3.63, 3.8) is 0 Å². The van der Waals surface area contributed by atoms with Crippen molar-refractivity contribution in [2.45, 2.75) is 33.2 Å². The van der Waals surface area contributed by atoms with Gasteiger partial charge in [0.2, 0.25) is 0 Å². The van der Waals surface area contributed by atoms with E-state index in [0.717, 1.165) is 17.7 Å². The van der Waals surface area contributed by atoms with E-state index in [4.69, 9.17) is 0 Å². The third-order valence-corrected chi connectivity index (χ3v) is 3.80. The molecule has 4 nitrogen and oxygen atoms in total. The topological polar surface area (TPSA) is 62.2 Å². The van der Waals surface area contributed by atoms with Crippen LogP contribution in [0, 0.1) is 13.8 Å². The van der Waals surface area contributed by atoms with Crippen LogP contribution in [0.2, 0.25) is 0 Å². The van der Waals surface area contributed by atoms with Gasteiger partial charge >= 0.3 is 5.97 Å². The maximum absolute atomic E-state index is 11.4. The Hall–Kier alpha value is -1.88. The zero-order valence-corrected chi connectivity index (χ0v) is 12.6. The number of aryl methyl sites for hydroxylation is 2. The van der Waals surface area contributed by atoms with Gasteiger partial charge in [-0.1, -0.05) is 0 Å². The van der Waals surface area contributed by atoms with Gasteiger partial charge in [-0.2, -0.15) is 11.3 Å². The molecule has 0 bridgehead atoms. The van der Waals surface area contributed by atoms with E-state index in [1.54, 1.807) is 24.3 Å². The van der Waals surface area contributed by atoms with Gasteiger partial charge in [0.15, 0.2) is 0 Å². The molecule has 20 heavy (non-hydrogen) atoms. The molecule has 0 saturated heterocycles. The van der Waals surface area contributed by atoms with E-state index in [1.165, 1.54) is 5.56 Å². The number of aromatic carboxylic acids is 1. The highest BCUT2D eigenvalue weighted by molar-refractivity contribution is 7.07. The molecule has 2 heterocycles. The molecule has 0 spiro atoms. The Kier molecular flexibility index (Phi) is 4.39. The van der Waals surface area contributed by atoms with E-state index in [1.807, 2.05) is 19.2 Å². The number of pyridine rings is 1. The molecule has 0 aliphatic heterocycles. The molecule has 2 aromatic heterocycles. The van der Waals surface area contributed by atoms with Crippen LogP contribution >= 0.6 is 11.3 Å². The summed E-state index contributed by atoms with van der Waals surface area (Å²) in [4.78, 5) is 15.7. The number of hydrogen-bond acceptors (Lipinski definition) is 4. The van der Waals surface area contributed by atoms with Crippen LogP contribution in [0.15, 0.2) is 22.9 Å². The molecule has 2 rings (SSSR count). The number of aromatic nitrogens is 1. The quantitative estimate of drug-likeness (QED) is 0.884. The summed E-state index contributed by atoms with van der Waals surface area (Å²) in [6.45, 7) is 5.70. The van der Waals surface area contributed by atoms with E-state index in [-0.39, 0.29) is 11.6 Å². The lowest BCUT2D eigenvalue weighted by atomic mass is 10.1. The average molecular weight is 290 g/mol. The van der Waals surface area contributed by atoms with Crippen molar-refractivity contribution >= 4 is 23.1 Å². The second-order valence-electron chi connectivity index (χ2n) is 4.99. The van der Waals surface area contributed by atoms with Crippen LogP contribution in [0.4, 0.5) is 5.82 Å². The van der Waals surface area contributed by atoms with E-state index in [0.29, 0.717) is 5.82 Å². The number of carboxylic acids is 1. The molecule has 0 aromatic carbocycles. The number of carbonyl (C=O) groups is 1. The van der Waals surface area contributed by atoms with Crippen molar-refractivity contribution < 1.29 is 9.90 Å². The van der Waals surface area contributed by atoms with Gasteiger partial charge in [0.25, 0.3) is 0 Å². The van der Waals surface area contributed by atoms with Gasteiger partial charge in [-0.3, -0.25) is 0 Å². The molecule has 1 unspecified atom stereocenters. The summed E-state index contributed by atoms with van der Waals surface area (Å²) in [5, 5.41) is 16.7. The Balaban J connectivity index is 2.21. The van der Waals surface area contributed by atoms with Crippen molar-refractivity contribution in [3.8, 4) is 0 Å². The first-order valence-electron chi connectivity index (χ1n) is 6.46. The fourth-order valence-electron chi connectivity index (χ4n) is 2.26. The normalized spacial score (nSPS) is 12.2. The Morgan fingerprint density at radius 3 is 2.85 bits per heavy atom. The molecular formula is C15H18N2O2S. The van der Waals surface area contributed by atoms with Gasteiger partial charge < -0.3 is 10.4 Å². The number of hydrogen-bond donors (Lipinski definition) is 2. The maximum Gasteiger partial charge on any atom is 0.339 e. The molecule has 0 fully saturated rings. The van der Waals surface area contributed by atoms with Crippen LogP contribution in [0.5, 0.6) is 0 Å². The maximum atomic E-state index is 11.4. The summed E-state index contributed by atoms with van der Waals surface area (Å²) in [6.07, 6.45) is 0.844. The van der Waals surface area contributed by atoms with Crippen molar-refractivity contribution in [2.24, 2.45) is 0 Å². The summed E-state index contributed by atoms with van der Waals surface area (Å²) in [6, 6.07) is 3.99. The molecule has 0 saturated carbocycles. The second-order valence-corrected chi connectivity index (χ2v) is 5.77. The molecule has 1 atom stereocenters. The molecule has 106 valence electrons. The smallest absolute Gasteiger partial charge is 0.339 e. The number of nitrogens with one attached hydrogen (secondary N) is 1. The third-order valence-electron chi connectivity index (χ3n) is 3.06. The number of carboxylic acid groups (broad SMARTS) is 1. The largest absolute Gasteiger partial charge is 0.478 e. The number of thiophene rings is 1. The van der Waals surface area contributed by atoms with Crippen LogP contribution < -0.4 is 5.32 Å². The lowest BCUT2D eigenvalue weighted by Gasteiger charge is -2.17. The predicted octanol–water partition coefficient (Wildman–Crippen LogP) is 3.50. The third kappa shape index (κ3) is 3.36. The van der Waals surface area contributed by atoms with Crippen LogP contribution in [0.3, 0.4) is 0 Å². The highest BCUT2D eigenvalue weighted by Gasteiger charge is 2.17. The Labute approximate surface area is 122 Å². The Morgan fingerprint density at radius 1 is 1.50 bits per heavy atom. The summed E-state index contributed by atoms with van der Waals surface area (Å²) >= 11 is 1.66. The molecule has 0 amide bonds. The summed E-state index contributed by atoms with van der Waals surface area (Å²) in [7, 11) is 0. The van der Waals surface area contributed by atoms with Gasteiger partial charge in [0.05, 0.1) is 0 Å². The zero-order chi connectivity index (χ0) is 14.7. The highest BCUT2D eigenvalue weighted by atomic mass is 32.1. The molecular weight excluding hydrogens is 272 g/mol. The summed E-state index contributed by atoms with van der Waals surface area (Å²) in [5.41, 5.74) is 3.05. The van der Waals surface area contributed by atoms with E-state index >= 15 is 0 Å². The minimum absolute atomic E-state index is 0.122. The second kappa shape index (κ2) is 6.05. The Morgan fingerprint density at radius 2 is 2.25 bits per heavy atom. The van der Waals surface area contributed by atoms with E-state index < -0.39 is 5.97 Å². The predicted molar refractivity (Wildman–Crippen MR) is 81.8 cm³/mol. The fourth-order valence-corrected chi connectivity index (χ4v) is 2.94. The SMILES string of the molecule is Cc1cc(C)c(C(=O)O)c(NC(C)Cc2ccsc2)n1. The summed E-state index contributed by atoms with van der Waals surface area (Å²) < 4.78 is 0. The van der Waals surface area contributed by atoms with Gasteiger partial charge in [-0.05, 0) is 61.2 Å². The monoisotopic (exact) mass is 290 g/mol. The summed E-state index contributed by atoms with van der Waals surface area (Å²) in [5.74, 6) is -0.488. The standard InChI is InChI=1S/C15H18N2O2S/c1-9-6-10(2)16-14(13(9)15(18)19)17-11(3)7-12-4-5-20-8-12/h4-6,8,11H,7H2,1-3H3,(H,16,17)(H,18,19). The van der Waals surface area contributed by atoms with Crippen molar-refractivity contribution in [1.82, 2.24) is 4.98 Å². The molecule has 0 radical (unpaired) electrons. The van der Waals surface area contributed by atoms with Gasteiger partial charge in [-0.15, -0.1) is 0 Å². The molecule has 0 aliphatic carbocycles. The first kappa shape index (κ1) is 14.5. The number of anilines is 1. The van der Waals surface area contributed by atoms with Crippen molar-refractivity contribution in [1.29, 1.82) is 0 Å². The van der Waals surface area contributed by atoms with Gasteiger partial charge in [0.1, 0.15) is 11.4 Å². The van der Waals surface area contributed by atoms with Crippen molar-refractivity contribution in [3.05, 3.63) is 45.3 Å². The van der Waals surface area contributed by atoms with E-state index in [2.05, 4.69) is 21.7 Å². The Bertz CT molecular complexity index is 609. The lowest BCUT2D eigenvalue weighted by molar-refractivity contribution is 0.0697. The number of rotatable bonds is 5. The number of nitrogens with zero attached hydrogens (tertiary/aromatic N) is 1. The van der Waals surface area contributed by atoms with Gasteiger partial charge in [-0.25, -0.2) is 9.78 Å².